The van der Waals surface area contributed by atoms with Crippen LogP contribution < -0.4 is 10.1 Å². The van der Waals surface area contributed by atoms with Gasteiger partial charge in [-0.2, -0.15) is 5.26 Å². The third-order valence-corrected chi connectivity index (χ3v) is 3.50. The highest BCUT2D eigenvalue weighted by atomic mass is 127. The molecule has 0 aliphatic heterocycles. The first-order valence-corrected chi connectivity index (χ1v) is 7.39. The van der Waals surface area contributed by atoms with Crippen LogP contribution in [-0.4, -0.2) is 12.0 Å². The van der Waals surface area contributed by atoms with Crippen molar-refractivity contribution in [3.63, 3.8) is 0 Å². The minimum absolute atomic E-state index is 0.222. The maximum Gasteiger partial charge on any atom is 0.265 e. The summed E-state index contributed by atoms with van der Waals surface area (Å²) in [5, 5.41) is 11.5. The maximum absolute atomic E-state index is 12.0. The number of nitrogens with zero attached hydrogens (tertiary/aromatic N) is 1. The van der Waals surface area contributed by atoms with Crippen LogP contribution in [0.4, 0.5) is 5.69 Å². The number of halogens is 1. The normalized spacial score (nSPS) is 11.3. The summed E-state index contributed by atoms with van der Waals surface area (Å²) in [5.74, 6) is 0.333. The van der Waals surface area contributed by atoms with E-state index in [1.165, 1.54) is 0 Å². The van der Waals surface area contributed by atoms with Crippen molar-refractivity contribution >= 4 is 34.2 Å². The van der Waals surface area contributed by atoms with Gasteiger partial charge < -0.3 is 10.1 Å². The fourth-order valence-corrected chi connectivity index (χ4v) is 2.00. The second kappa shape index (κ2) is 7.09. The van der Waals surface area contributed by atoms with Gasteiger partial charge in [0, 0.05) is 9.26 Å². The van der Waals surface area contributed by atoms with Crippen molar-refractivity contribution in [3.05, 3.63) is 57.7 Å². The topological polar surface area (TPSA) is 62.1 Å². The fraction of sp³-hybridized carbons (Fsp3) is 0.125. The van der Waals surface area contributed by atoms with Gasteiger partial charge in [0.2, 0.25) is 0 Å². The molecule has 4 nitrogen and oxygen atoms in total. The molecule has 21 heavy (non-hydrogen) atoms. The van der Waals surface area contributed by atoms with Crippen LogP contribution in [0.2, 0.25) is 0 Å². The van der Waals surface area contributed by atoms with Gasteiger partial charge in [0.15, 0.2) is 6.10 Å². The zero-order valence-electron chi connectivity index (χ0n) is 11.3. The number of carbonyl (C=O) groups excluding carboxylic acids is 1. The predicted octanol–water partition coefficient (Wildman–Crippen LogP) is 3.57. The van der Waals surface area contributed by atoms with E-state index < -0.39 is 6.10 Å². The van der Waals surface area contributed by atoms with Crippen molar-refractivity contribution in [3.8, 4) is 11.8 Å². The van der Waals surface area contributed by atoms with Crippen LogP contribution in [0, 0.1) is 14.9 Å². The second-order valence-corrected chi connectivity index (χ2v) is 5.64. The molecule has 0 radical (unpaired) electrons. The van der Waals surface area contributed by atoms with E-state index in [-0.39, 0.29) is 5.91 Å². The van der Waals surface area contributed by atoms with Crippen LogP contribution in [0.25, 0.3) is 0 Å². The van der Waals surface area contributed by atoms with Gasteiger partial charge in [-0.15, -0.1) is 0 Å². The van der Waals surface area contributed by atoms with Crippen molar-refractivity contribution < 1.29 is 9.53 Å². The first-order chi connectivity index (χ1) is 10.1. The molecule has 1 amide bonds. The number of hydrogen-bond acceptors (Lipinski definition) is 3. The van der Waals surface area contributed by atoms with Gasteiger partial charge in [-0.05, 0) is 78.0 Å². The van der Waals surface area contributed by atoms with Crippen LogP contribution in [0.3, 0.4) is 0 Å². The highest BCUT2D eigenvalue weighted by Crippen LogP contribution is 2.15. The summed E-state index contributed by atoms with van der Waals surface area (Å²) < 4.78 is 6.65. The third kappa shape index (κ3) is 4.46. The van der Waals surface area contributed by atoms with E-state index in [1.54, 1.807) is 31.2 Å². The van der Waals surface area contributed by atoms with Crippen molar-refractivity contribution in [2.45, 2.75) is 13.0 Å². The van der Waals surface area contributed by atoms with Gasteiger partial charge in [0.05, 0.1) is 11.6 Å². The molecule has 0 unspecified atom stereocenters. The van der Waals surface area contributed by atoms with Gasteiger partial charge in [-0.25, -0.2) is 0 Å². The summed E-state index contributed by atoms with van der Waals surface area (Å²) in [6.07, 6.45) is -0.628. The van der Waals surface area contributed by atoms with Gasteiger partial charge in [0.1, 0.15) is 5.75 Å². The van der Waals surface area contributed by atoms with E-state index in [1.807, 2.05) is 30.3 Å². The Bertz CT molecular complexity index is 660. The Kier molecular flexibility index (Phi) is 5.17. The number of carbonyl (C=O) groups is 1. The molecule has 0 bridgehead atoms. The van der Waals surface area contributed by atoms with E-state index in [0.717, 1.165) is 9.26 Å². The van der Waals surface area contributed by atoms with E-state index in [9.17, 15) is 4.79 Å². The molecule has 0 aromatic heterocycles. The fourth-order valence-electron chi connectivity index (χ4n) is 1.64. The first-order valence-electron chi connectivity index (χ1n) is 6.32. The Morgan fingerprint density at radius 3 is 2.38 bits per heavy atom. The molecule has 0 aliphatic carbocycles. The van der Waals surface area contributed by atoms with E-state index in [4.69, 9.17) is 10.00 Å². The lowest BCUT2D eigenvalue weighted by molar-refractivity contribution is -0.122. The Morgan fingerprint density at radius 1 is 1.19 bits per heavy atom. The van der Waals surface area contributed by atoms with Gasteiger partial charge in [0.25, 0.3) is 5.91 Å². The van der Waals surface area contributed by atoms with E-state index >= 15 is 0 Å². The van der Waals surface area contributed by atoms with Crippen molar-refractivity contribution in [2.75, 3.05) is 5.32 Å². The molecule has 106 valence electrons. The molecule has 1 N–H and O–H groups in total. The molecule has 0 saturated carbocycles. The Balaban J connectivity index is 1.95. The number of rotatable bonds is 4. The lowest BCUT2D eigenvalue weighted by atomic mass is 10.2. The monoisotopic (exact) mass is 392 g/mol. The average Bonchev–Trinajstić information content (AvgIpc) is 2.50. The molecule has 0 heterocycles. The molecule has 0 fully saturated rings. The molecule has 5 heteroatoms. The summed E-state index contributed by atoms with van der Waals surface area (Å²) in [5.41, 5.74) is 1.29. The molecule has 2 aromatic carbocycles. The van der Waals surface area contributed by atoms with Gasteiger partial charge in [-0.3, -0.25) is 4.79 Å². The Morgan fingerprint density at radius 2 is 1.81 bits per heavy atom. The van der Waals surface area contributed by atoms with E-state index in [0.29, 0.717) is 11.3 Å². The quantitative estimate of drug-likeness (QED) is 0.810. The number of nitriles is 1. The largest absolute Gasteiger partial charge is 0.481 e. The number of ether oxygens (including phenoxy) is 1. The minimum Gasteiger partial charge on any atom is -0.481 e. The minimum atomic E-state index is -0.628. The van der Waals surface area contributed by atoms with Gasteiger partial charge >= 0.3 is 0 Å². The van der Waals surface area contributed by atoms with Gasteiger partial charge in [-0.1, -0.05) is 0 Å². The number of amides is 1. The molecule has 2 rings (SSSR count). The summed E-state index contributed by atoms with van der Waals surface area (Å²) in [6, 6.07) is 16.2. The van der Waals surface area contributed by atoms with Crippen LogP contribution in [0.1, 0.15) is 12.5 Å². The number of nitrogens with one attached hydrogen (secondary N) is 1. The number of anilines is 1. The van der Waals surface area contributed by atoms with Crippen molar-refractivity contribution in [1.82, 2.24) is 0 Å². The Hall–Kier alpha value is -2.07. The highest BCUT2D eigenvalue weighted by molar-refractivity contribution is 14.1. The molecule has 2 aromatic rings. The average molecular weight is 392 g/mol. The van der Waals surface area contributed by atoms with Crippen LogP contribution in [0.5, 0.6) is 5.75 Å². The SMILES string of the molecule is C[C@H](Oc1ccc(C#N)cc1)C(=O)Nc1ccc(I)cc1. The van der Waals surface area contributed by atoms with Crippen LogP contribution >= 0.6 is 22.6 Å². The summed E-state index contributed by atoms with van der Waals surface area (Å²) >= 11 is 2.20. The Labute approximate surface area is 136 Å². The zero-order chi connectivity index (χ0) is 15.2. The highest BCUT2D eigenvalue weighted by Gasteiger charge is 2.14. The molecule has 0 aliphatic rings. The molecular weight excluding hydrogens is 379 g/mol. The van der Waals surface area contributed by atoms with E-state index in [2.05, 4.69) is 27.9 Å². The standard InChI is InChI=1S/C16H13IN2O2/c1-11(21-15-8-2-12(10-18)3-9-15)16(20)19-14-6-4-13(17)5-7-14/h2-9,11H,1H3,(H,19,20)/t11-/m0/s1. The van der Waals surface area contributed by atoms with Crippen LogP contribution in [-0.2, 0) is 4.79 Å². The summed E-state index contributed by atoms with van der Waals surface area (Å²) in [4.78, 5) is 12.0. The summed E-state index contributed by atoms with van der Waals surface area (Å²) in [6.45, 7) is 1.68. The van der Waals surface area contributed by atoms with Crippen LogP contribution in [0.15, 0.2) is 48.5 Å². The van der Waals surface area contributed by atoms with Crippen molar-refractivity contribution in [1.29, 1.82) is 5.26 Å². The second-order valence-electron chi connectivity index (χ2n) is 4.39. The number of hydrogen-bond donors (Lipinski definition) is 1. The zero-order valence-corrected chi connectivity index (χ0v) is 13.5. The first kappa shape index (κ1) is 15.3. The summed E-state index contributed by atoms with van der Waals surface area (Å²) in [7, 11) is 0. The van der Waals surface area contributed by atoms with Crippen molar-refractivity contribution in [2.24, 2.45) is 0 Å². The molecule has 0 saturated heterocycles. The molecule has 1 atom stereocenters. The smallest absolute Gasteiger partial charge is 0.265 e. The maximum atomic E-state index is 12.0. The molecule has 0 spiro atoms. The predicted molar refractivity (Wildman–Crippen MR) is 89.0 cm³/mol. The molecular formula is C16H13IN2O2. The lowest BCUT2D eigenvalue weighted by Gasteiger charge is -2.14. The third-order valence-electron chi connectivity index (χ3n) is 2.78. The lowest BCUT2D eigenvalue weighted by Crippen LogP contribution is -2.30. The number of benzene rings is 2.